The van der Waals surface area contributed by atoms with Gasteiger partial charge in [0.1, 0.15) is 17.7 Å². The number of anilines is 2. The van der Waals surface area contributed by atoms with Crippen molar-refractivity contribution in [3.05, 3.63) is 60.7 Å². The Hall–Kier alpha value is -2.82. The van der Waals surface area contributed by atoms with Gasteiger partial charge in [0.05, 0.1) is 0 Å². The number of nitrogens with one attached hydrogen (secondary N) is 1. The van der Waals surface area contributed by atoms with Gasteiger partial charge < -0.3 is 15.0 Å². The molecule has 0 saturated carbocycles. The summed E-state index contributed by atoms with van der Waals surface area (Å²) in [6, 6.07) is 18.3. The summed E-state index contributed by atoms with van der Waals surface area (Å²) in [6.45, 7) is 11.4. The molecular weight excluding hydrogens is 375 g/mol. The average Bonchev–Trinajstić information content (AvgIpc) is 2.67. The third-order valence-electron chi connectivity index (χ3n) is 4.55. The highest BCUT2D eigenvalue weighted by atomic mass is 16.6. The van der Waals surface area contributed by atoms with Gasteiger partial charge in [-0.25, -0.2) is 4.79 Å². The predicted octanol–water partition coefficient (Wildman–Crippen LogP) is 5.09. The first-order valence-electron chi connectivity index (χ1n) is 10.5. The molecule has 30 heavy (non-hydrogen) atoms. The lowest BCUT2D eigenvalue weighted by Gasteiger charge is -2.32. The number of ether oxygens (including phenoxy) is 1. The van der Waals surface area contributed by atoms with Crippen LogP contribution in [0.4, 0.5) is 11.4 Å². The zero-order chi connectivity index (χ0) is 22.3. The quantitative estimate of drug-likeness (QED) is 0.617. The lowest BCUT2D eigenvalue weighted by Crippen LogP contribution is -2.51. The van der Waals surface area contributed by atoms with Crippen LogP contribution in [0.3, 0.4) is 0 Å². The maximum absolute atomic E-state index is 13.2. The first-order chi connectivity index (χ1) is 14.1. The topological polar surface area (TPSA) is 58.6 Å². The van der Waals surface area contributed by atoms with Crippen molar-refractivity contribution in [1.82, 2.24) is 5.32 Å². The van der Waals surface area contributed by atoms with Crippen molar-refractivity contribution in [1.29, 1.82) is 0 Å². The number of rotatable bonds is 8. The summed E-state index contributed by atoms with van der Waals surface area (Å²) < 4.78 is 5.54. The Labute approximate surface area is 180 Å². The average molecular weight is 410 g/mol. The van der Waals surface area contributed by atoms with Gasteiger partial charge in [-0.3, -0.25) is 4.79 Å². The van der Waals surface area contributed by atoms with Crippen molar-refractivity contribution in [2.75, 3.05) is 4.90 Å². The molecule has 2 atom stereocenters. The second-order valence-electron chi connectivity index (χ2n) is 8.94. The molecule has 0 radical (unpaired) electrons. The van der Waals surface area contributed by atoms with E-state index in [4.69, 9.17) is 4.74 Å². The molecule has 1 N–H and O–H groups in total. The Morgan fingerprint density at radius 2 is 1.37 bits per heavy atom. The Bertz CT molecular complexity index is 774. The van der Waals surface area contributed by atoms with Gasteiger partial charge in [-0.2, -0.15) is 0 Å². The van der Waals surface area contributed by atoms with Gasteiger partial charge >= 0.3 is 5.97 Å². The first kappa shape index (κ1) is 23.5. The lowest BCUT2D eigenvalue weighted by atomic mass is 9.97. The SMILES string of the molecule is CC(C)C[C@H](NC(=O)[C@H]([11CH3])N(c1ccccc1)c1ccccc1)C(=O)OC(C)(C)C. The fourth-order valence-electron chi connectivity index (χ4n) is 3.24. The zero-order valence-electron chi connectivity index (χ0n) is 18.9. The summed E-state index contributed by atoms with van der Waals surface area (Å²) in [5.74, 6) is -0.389. The van der Waals surface area contributed by atoms with Crippen LogP contribution in [0, 0.1) is 5.92 Å². The molecule has 0 saturated heterocycles. The van der Waals surface area contributed by atoms with Crippen molar-refractivity contribution in [2.24, 2.45) is 5.92 Å². The molecule has 0 aliphatic rings. The van der Waals surface area contributed by atoms with Gasteiger partial charge in [0.2, 0.25) is 5.91 Å². The van der Waals surface area contributed by atoms with E-state index in [2.05, 4.69) is 5.32 Å². The van der Waals surface area contributed by atoms with E-state index in [9.17, 15) is 9.59 Å². The molecule has 0 spiro atoms. The van der Waals surface area contributed by atoms with Crippen LogP contribution in [0.15, 0.2) is 60.7 Å². The smallest absolute Gasteiger partial charge is 0.329 e. The minimum absolute atomic E-state index is 0.223. The van der Waals surface area contributed by atoms with E-state index in [1.54, 1.807) is 0 Å². The predicted molar refractivity (Wildman–Crippen MR) is 122 cm³/mol. The third kappa shape index (κ3) is 6.90. The van der Waals surface area contributed by atoms with Gasteiger partial charge in [0.25, 0.3) is 0 Å². The van der Waals surface area contributed by atoms with Crippen LogP contribution in [0.5, 0.6) is 0 Å². The monoisotopic (exact) mass is 409 g/mol. The molecular formula is C25H34N2O3. The third-order valence-corrected chi connectivity index (χ3v) is 4.55. The first-order valence-corrected chi connectivity index (χ1v) is 10.5. The van der Waals surface area contributed by atoms with Gasteiger partial charge in [0, 0.05) is 11.4 Å². The number of hydrogen-bond acceptors (Lipinski definition) is 4. The molecule has 0 aliphatic carbocycles. The molecule has 5 heteroatoms. The maximum Gasteiger partial charge on any atom is 0.329 e. The molecule has 2 aromatic rings. The minimum atomic E-state index is -0.687. The van der Waals surface area contributed by atoms with Crippen LogP contribution in [0.25, 0.3) is 0 Å². The van der Waals surface area contributed by atoms with Crippen molar-refractivity contribution in [3.63, 3.8) is 0 Å². The van der Waals surface area contributed by atoms with Crippen LogP contribution in [0.2, 0.25) is 0 Å². The van der Waals surface area contributed by atoms with Crippen LogP contribution in [0.1, 0.15) is 48.0 Å². The molecule has 0 fully saturated rings. The van der Waals surface area contributed by atoms with Gasteiger partial charge in [-0.15, -0.1) is 0 Å². The number of esters is 1. The molecule has 0 aliphatic heterocycles. The van der Waals surface area contributed by atoms with E-state index >= 15 is 0 Å². The van der Waals surface area contributed by atoms with E-state index < -0.39 is 23.7 Å². The van der Waals surface area contributed by atoms with Crippen LogP contribution < -0.4 is 10.2 Å². The standard InChI is InChI=1S/C25H34N2O3/c1-18(2)17-22(24(29)30-25(4,5)6)26-23(28)19(3)27(20-13-9-7-10-14-20)21-15-11-8-12-16-21/h7-16,18-19,22H,17H2,1-6H3,(H,26,28)/t19-,22-/m0/s1/i3-1. The lowest BCUT2D eigenvalue weighted by molar-refractivity contribution is -0.159. The van der Waals surface area contributed by atoms with Gasteiger partial charge in [-0.05, 0) is 64.3 Å². The number of amides is 1. The highest BCUT2D eigenvalue weighted by Gasteiger charge is 2.31. The van der Waals surface area contributed by atoms with Crippen molar-refractivity contribution >= 4 is 23.3 Å². The molecule has 0 heterocycles. The van der Waals surface area contributed by atoms with Crippen LogP contribution >= 0.6 is 0 Å². The van der Waals surface area contributed by atoms with Crippen molar-refractivity contribution in [2.45, 2.75) is 65.6 Å². The Balaban J connectivity index is 2.27. The second kappa shape index (κ2) is 10.3. The largest absolute Gasteiger partial charge is 0.458 e. The van der Waals surface area contributed by atoms with E-state index in [0.29, 0.717) is 6.42 Å². The van der Waals surface area contributed by atoms with E-state index in [1.165, 1.54) is 0 Å². The Morgan fingerprint density at radius 1 is 0.900 bits per heavy atom. The highest BCUT2D eigenvalue weighted by Crippen LogP contribution is 2.27. The summed E-state index contributed by atoms with van der Waals surface area (Å²) in [7, 11) is 0. The van der Waals surface area contributed by atoms with E-state index in [0.717, 1.165) is 11.4 Å². The fraction of sp³-hybridized carbons (Fsp3) is 0.440. The summed E-state index contributed by atoms with van der Waals surface area (Å²) in [6.07, 6.45) is 0.518. The summed E-state index contributed by atoms with van der Waals surface area (Å²) >= 11 is 0. The molecule has 0 aromatic heterocycles. The number of nitrogens with zero attached hydrogens (tertiary/aromatic N) is 1. The normalized spacial score (nSPS) is 13.4. The zero-order valence-corrected chi connectivity index (χ0v) is 18.9. The van der Waals surface area contributed by atoms with Crippen LogP contribution in [-0.2, 0) is 14.3 Å². The Morgan fingerprint density at radius 3 is 1.77 bits per heavy atom. The molecule has 2 aromatic carbocycles. The number of carbonyl (C=O) groups excluding carboxylic acids is 2. The fourth-order valence-corrected chi connectivity index (χ4v) is 3.24. The molecule has 0 unspecified atom stereocenters. The van der Waals surface area contributed by atoms with E-state index in [1.807, 2.05) is 107 Å². The van der Waals surface area contributed by atoms with Crippen LogP contribution in [-0.4, -0.2) is 29.6 Å². The highest BCUT2D eigenvalue weighted by molar-refractivity contribution is 5.91. The molecule has 2 rings (SSSR count). The van der Waals surface area contributed by atoms with Crippen molar-refractivity contribution in [3.8, 4) is 0 Å². The molecule has 0 bridgehead atoms. The second-order valence-corrected chi connectivity index (χ2v) is 8.94. The maximum atomic E-state index is 13.2. The number of para-hydroxylation sites is 2. The number of benzene rings is 2. The molecule has 5 nitrogen and oxygen atoms in total. The molecule has 1 amide bonds. The molecule has 162 valence electrons. The van der Waals surface area contributed by atoms with Crippen molar-refractivity contribution < 1.29 is 14.3 Å². The number of hydrogen-bond donors (Lipinski definition) is 1. The van der Waals surface area contributed by atoms with Gasteiger partial charge in [-0.1, -0.05) is 50.2 Å². The Kier molecular flexibility index (Phi) is 8.04. The van der Waals surface area contributed by atoms with Gasteiger partial charge in [0.15, 0.2) is 0 Å². The summed E-state index contributed by atoms with van der Waals surface area (Å²) in [4.78, 5) is 27.9. The summed E-state index contributed by atoms with van der Waals surface area (Å²) in [5.41, 5.74) is 1.20. The minimum Gasteiger partial charge on any atom is -0.458 e. The van der Waals surface area contributed by atoms with E-state index in [-0.39, 0.29) is 11.8 Å². The number of carbonyl (C=O) groups is 2. The summed E-state index contributed by atoms with van der Waals surface area (Å²) in [5, 5.41) is 2.94.